The lowest BCUT2D eigenvalue weighted by atomic mass is 9.98. The van der Waals surface area contributed by atoms with Gasteiger partial charge in [0.2, 0.25) is 0 Å². The van der Waals surface area contributed by atoms with Gasteiger partial charge in [0.05, 0.1) is 11.3 Å². The summed E-state index contributed by atoms with van der Waals surface area (Å²) >= 11 is 1.51. The highest BCUT2D eigenvalue weighted by Gasteiger charge is 2.38. The van der Waals surface area contributed by atoms with Crippen LogP contribution in [0, 0.1) is 0 Å². The molecule has 4 rings (SSSR count). The second-order valence-electron chi connectivity index (χ2n) is 7.32. The van der Waals surface area contributed by atoms with Crippen molar-refractivity contribution in [2.45, 2.75) is 36.5 Å². The Morgan fingerprint density at radius 2 is 1.71 bits per heavy atom. The fourth-order valence-corrected chi connectivity index (χ4v) is 5.61. The molecule has 146 valence electrons. The highest BCUT2D eigenvalue weighted by molar-refractivity contribution is 8.00. The van der Waals surface area contributed by atoms with E-state index < -0.39 is 16.9 Å². The van der Waals surface area contributed by atoms with Gasteiger partial charge in [0.1, 0.15) is 6.61 Å². The first-order valence-corrected chi connectivity index (χ1v) is 10.6. The van der Waals surface area contributed by atoms with Gasteiger partial charge in [-0.3, -0.25) is 4.79 Å². The predicted molar refractivity (Wildman–Crippen MR) is 109 cm³/mol. The molecule has 1 aliphatic heterocycles. The molecule has 0 saturated carbocycles. The van der Waals surface area contributed by atoms with Crippen LogP contribution in [0.15, 0.2) is 48.5 Å². The number of carbonyl (C=O) groups excluding carboxylic acids is 1. The molecule has 5 nitrogen and oxygen atoms in total. The van der Waals surface area contributed by atoms with E-state index in [1.54, 1.807) is 0 Å². The first kappa shape index (κ1) is 18.9. The summed E-state index contributed by atoms with van der Waals surface area (Å²) in [6.45, 7) is 0.230. The Morgan fingerprint density at radius 3 is 2.29 bits per heavy atom. The zero-order valence-electron chi connectivity index (χ0n) is 15.5. The minimum atomic E-state index is -0.909. The van der Waals surface area contributed by atoms with Gasteiger partial charge in [0.25, 0.3) is 0 Å². The summed E-state index contributed by atoms with van der Waals surface area (Å²) in [4.78, 5) is 23.1. The van der Waals surface area contributed by atoms with Crippen molar-refractivity contribution in [2.75, 3.05) is 12.4 Å². The van der Waals surface area contributed by atoms with Gasteiger partial charge >= 0.3 is 12.1 Å². The second-order valence-corrected chi connectivity index (χ2v) is 8.80. The number of alkyl carbamates (subject to hydrolysis) is 1. The molecule has 0 aromatic heterocycles. The maximum absolute atomic E-state index is 12.5. The van der Waals surface area contributed by atoms with Crippen LogP contribution < -0.4 is 5.32 Å². The molecule has 1 fully saturated rings. The van der Waals surface area contributed by atoms with Gasteiger partial charge < -0.3 is 15.2 Å². The van der Waals surface area contributed by atoms with Crippen molar-refractivity contribution in [3.05, 3.63) is 59.7 Å². The third kappa shape index (κ3) is 3.74. The fraction of sp³-hybridized carbons (Fsp3) is 0.364. The van der Waals surface area contributed by atoms with Crippen LogP contribution in [0.2, 0.25) is 0 Å². The molecule has 28 heavy (non-hydrogen) atoms. The average molecular weight is 397 g/mol. The van der Waals surface area contributed by atoms with Crippen LogP contribution in [0.5, 0.6) is 0 Å². The number of nitrogens with one attached hydrogen (secondary N) is 1. The molecule has 0 bridgehead atoms. The molecule has 1 aliphatic carbocycles. The molecule has 0 radical (unpaired) electrons. The molecule has 1 heterocycles. The zero-order valence-corrected chi connectivity index (χ0v) is 16.3. The summed E-state index contributed by atoms with van der Waals surface area (Å²) < 4.78 is 5.59. The Balaban J connectivity index is 1.47. The van der Waals surface area contributed by atoms with Gasteiger partial charge in [-0.05, 0) is 47.3 Å². The Bertz CT molecular complexity index is 846. The molecule has 6 heteroatoms. The lowest BCUT2D eigenvalue weighted by molar-refractivity contribution is -0.137. The van der Waals surface area contributed by atoms with E-state index in [4.69, 9.17) is 4.74 Å². The molecule has 0 spiro atoms. The number of hydrogen-bond donors (Lipinski definition) is 2. The van der Waals surface area contributed by atoms with Crippen molar-refractivity contribution in [2.24, 2.45) is 0 Å². The highest BCUT2D eigenvalue weighted by atomic mass is 32.2. The Hall–Kier alpha value is -2.47. The Morgan fingerprint density at radius 1 is 1.07 bits per heavy atom. The molecule has 1 saturated heterocycles. The van der Waals surface area contributed by atoms with Crippen molar-refractivity contribution < 1.29 is 19.4 Å². The minimum absolute atomic E-state index is 0.00687. The number of carbonyl (C=O) groups is 2. The molecule has 1 amide bonds. The van der Waals surface area contributed by atoms with E-state index in [1.165, 1.54) is 22.9 Å². The smallest absolute Gasteiger partial charge is 0.408 e. The van der Waals surface area contributed by atoms with Crippen LogP contribution in [0.25, 0.3) is 11.1 Å². The van der Waals surface area contributed by atoms with Gasteiger partial charge in [0.15, 0.2) is 0 Å². The summed E-state index contributed by atoms with van der Waals surface area (Å²) in [5, 5.41) is 12.1. The molecular formula is C22H23NO4S. The molecule has 1 atom stereocenters. The Kier molecular flexibility index (Phi) is 5.31. The molecule has 2 aromatic rings. The van der Waals surface area contributed by atoms with Gasteiger partial charge in [0, 0.05) is 5.92 Å². The van der Waals surface area contributed by atoms with E-state index in [1.807, 2.05) is 24.3 Å². The SMILES string of the molecule is O=C(O)CC1(NC(=O)OCC2c3ccccc3-c3ccccc32)CCCCS1. The average Bonchev–Trinajstić information content (AvgIpc) is 3.00. The molecule has 2 N–H and O–H groups in total. The van der Waals surface area contributed by atoms with Gasteiger partial charge in [-0.25, -0.2) is 4.79 Å². The van der Waals surface area contributed by atoms with Gasteiger partial charge in [-0.1, -0.05) is 48.5 Å². The van der Waals surface area contributed by atoms with E-state index in [9.17, 15) is 14.7 Å². The van der Waals surface area contributed by atoms with Crippen LogP contribution in [-0.2, 0) is 9.53 Å². The number of hydrogen-bond acceptors (Lipinski definition) is 4. The second kappa shape index (κ2) is 7.87. The maximum atomic E-state index is 12.5. The molecular weight excluding hydrogens is 374 g/mol. The van der Waals surface area contributed by atoms with Crippen molar-refractivity contribution in [3.8, 4) is 11.1 Å². The van der Waals surface area contributed by atoms with E-state index >= 15 is 0 Å². The third-order valence-corrected chi connectivity index (χ3v) is 6.96. The third-order valence-electron chi connectivity index (χ3n) is 5.46. The summed E-state index contributed by atoms with van der Waals surface area (Å²) in [7, 11) is 0. The van der Waals surface area contributed by atoms with Crippen molar-refractivity contribution in [1.29, 1.82) is 0 Å². The molecule has 1 unspecified atom stereocenters. The van der Waals surface area contributed by atoms with Crippen molar-refractivity contribution in [3.63, 3.8) is 0 Å². The summed E-state index contributed by atoms with van der Waals surface area (Å²) in [6.07, 6.45) is 1.95. The van der Waals surface area contributed by atoms with Crippen LogP contribution in [-0.4, -0.2) is 34.4 Å². The van der Waals surface area contributed by atoms with Crippen molar-refractivity contribution in [1.82, 2.24) is 5.32 Å². The number of benzene rings is 2. The summed E-state index contributed by atoms with van der Waals surface area (Å²) in [6, 6.07) is 16.4. The topological polar surface area (TPSA) is 75.6 Å². The largest absolute Gasteiger partial charge is 0.481 e. The fourth-order valence-electron chi connectivity index (χ4n) is 4.20. The maximum Gasteiger partial charge on any atom is 0.408 e. The molecule has 2 aromatic carbocycles. The monoisotopic (exact) mass is 397 g/mol. The standard InChI is InChI=1S/C22H23NO4S/c24-20(25)13-22(11-5-6-12-28-22)23-21(26)27-14-19-17-9-3-1-7-15(17)16-8-2-4-10-18(16)19/h1-4,7-10,19H,5-6,11-14H2,(H,23,26)(H,24,25). The van der Waals surface area contributed by atoms with E-state index in [-0.39, 0.29) is 18.9 Å². The first-order valence-electron chi connectivity index (χ1n) is 9.57. The Labute approximate surface area is 168 Å². The van der Waals surface area contributed by atoms with E-state index in [0.717, 1.165) is 29.7 Å². The van der Waals surface area contributed by atoms with Crippen LogP contribution >= 0.6 is 11.8 Å². The number of carboxylic acid groups (broad SMARTS) is 1. The number of ether oxygens (including phenoxy) is 1. The van der Waals surface area contributed by atoms with E-state index in [0.29, 0.717) is 6.42 Å². The number of thioether (sulfide) groups is 1. The lowest BCUT2D eigenvalue weighted by Crippen LogP contribution is -2.49. The van der Waals surface area contributed by atoms with Crippen molar-refractivity contribution >= 4 is 23.8 Å². The number of rotatable bonds is 5. The molecule has 2 aliphatic rings. The van der Waals surface area contributed by atoms with E-state index in [2.05, 4.69) is 29.6 Å². The number of fused-ring (bicyclic) bond motifs is 3. The van der Waals surface area contributed by atoms with Crippen LogP contribution in [0.4, 0.5) is 4.79 Å². The lowest BCUT2D eigenvalue weighted by Gasteiger charge is -2.35. The van der Waals surface area contributed by atoms with Gasteiger partial charge in [-0.15, -0.1) is 11.8 Å². The quantitative estimate of drug-likeness (QED) is 0.770. The van der Waals surface area contributed by atoms with Gasteiger partial charge in [-0.2, -0.15) is 0 Å². The normalized spacial score (nSPS) is 20.9. The minimum Gasteiger partial charge on any atom is -0.481 e. The first-order chi connectivity index (χ1) is 13.6. The summed E-state index contributed by atoms with van der Waals surface area (Å²) in [5.41, 5.74) is 4.67. The predicted octanol–water partition coefficient (Wildman–Crippen LogP) is 4.61. The number of carboxylic acids is 1. The number of amides is 1. The van der Waals surface area contributed by atoms with Crippen LogP contribution in [0.3, 0.4) is 0 Å². The summed E-state index contributed by atoms with van der Waals surface area (Å²) in [5.74, 6) is -0.0716. The van der Waals surface area contributed by atoms with Crippen LogP contribution in [0.1, 0.15) is 42.7 Å². The zero-order chi connectivity index (χ0) is 19.6. The number of aliphatic carboxylic acids is 1. The highest BCUT2D eigenvalue weighted by Crippen LogP contribution is 2.44.